The summed E-state index contributed by atoms with van der Waals surface area (Å²) < 4.78 is 5.59. The van der Waals surface area contributed by atoms with E-state index in [4.69, 9.17) is 16.3 Å². The van der Waals surface area contributed by atoms with Crippen molar-refractivity contribution in [3.05, 3.63) is 51.7 Å². The predicted molar refractivity (Wildman–Crippen MR) is 76.6 cm³/mol. The number of hydrogen-bond donors (Lipinski definition) is 1. The number of nitrogens with zero attached hydrogens (tertiary/aromatic N) is 2. The van der Waals surface area contributed by atoms with Gasteiger partial charge in [0, 0.05) is 30.9 Å². The molecule has 0 radical (unpaired) electrons. The molecule has 7 heteroatoms. The molecule has 1 N–H and O–H groups in total. The minimum Gasteiger partial charge on any atom is -0.457 e. The monoisotopic (exact) mass is 293 g/mol. The van der Waals surface area contributed by atoms with Gasteiger partial charge in [-0.2, -0.15) is 0 Å². The molecule has 6 nitrogen and oxygen atoms in total. The minimum atomic E-state index is -0.540. The van der Waals surface area contributed by atoms with Gasteiger partial charge in [-0.25, -0.2) is 4.98 Å². The maximum Gasteiger partial charge on any atom is 0.288 e. The number of aromatic nitrogens is 1. The van der Waals surface area contributed by atoms with Gasteiger partial charge in [0.2, 0.25) is 0 Å². The first-order valence-electron chi connectivity index (χ1n) is 5.92. The quantitative estimate of drug-likeness (QED) is 0.669. The number of benzene rings is 1. The van der Waals surface area contributed by atoms with E-state index in [-0.39, 0.29) is 10.7 Å². The van der Waals surface area contributed by atoms with Crippen molar-refractivity contribution in [1.29, 1.82) is 0 Å². The van der Waals surface area contributed by atoms with Gasteiger partial charge in [-0.3, -0.25) is 10.1 Å². The number of ether oxygens (including phenoxy) is 1. The molecule has 0 fully saturated rings. The molecule has 0 unspecified atom stereocenters. The first-order chi connectivity index (χ1) is 9.60. The highest BCUT2D eigenvalue weighted by atomic mass is 35.5. The van der Waals surface area contributed by atoms with E-state index in [1.165, 1.54) is 18.2 Å². The highest BCUT2D eigenvalue weighted by molar-refractivity contribution is 6.32. The molecule has 0 bridgehead atoms. The van der Waals surface area contributed by atoms with E-state index in [9.17, 15) is 10.1 Å². The molecular formula is C13H12ClN3O3. The molecule has 1 aromatic heterocycles. The summed E-state index contributed by atoms with van der Waals surface area (Å²) in [7, 11) is 0. The Hall–Kier alpha value is -2.34. The number of nitro groups is 1. The molecule has 0 spiro atoms. The lowest BCUT2D eigenvalue weighted by atomic mass is 10.3. The van der Waals surface area contributed by atoms with Gasteiger partial charge < -0.3 is 10.1 Å². The van der Waals surface area contributed by atoms with Crippen LogP contribution in [0.25, 0.3) is 0 Å². The van der Waals surface area contributed by atoms with Crippen molar-refractivity contribution in [2.75, 3.05) is 11.9 Å². The molecule has 0 saturated heterocycles. The van der Waals surface area contributed by atoms with E-state index in [1.807, 2.05) is 6.92 Å². The molecule has 20 heavy (non-hydrogen) atoms. The van der Waals surface area contributed by atoms with E-state index in [1.54, 1.807) is 18.3 Å². The van der Waals surface area contributed by atoms with Crippen LogP contribution in [0.3, 0.4) is 0 Å². The first-order valence-corrected chi connectivity index (χ1v) is 6.29. The molecule has 2 aromatic rings. The van der Waals surface area contributed by atoms with Gasteiger partial charge in [-0.05, 0) is 19.1 Å². The zero-order valence-corrected chi connectivity index (χ0v) is 11.4. The molecule has 0 aliphatic rings. The van der Waals surface area contributed by atoms with Gasteiger partial charge in [-0.15, -0.1) is 0 Å². The van der Waals surface area contributed by atoms with E-state index in [0.29, 0.717) is 17.3 Å². The second kappa shape index (κ2) is 6.21. The summed E-state index contributed by atoms with van der Waals surface area (Å²) in [4.78, 5) is 14.3. The fourth-order valence-electron chi connectivity index (χ4n) is 1.59. The van der Waals surface area contributed by atoms with Gasteiger partial charge in [-0.1, -0.05) is 11.6 Å². The number of nitrogens with one attached hydrogen (secondary N) is 1. The first kappa shape index (κ1) is 14.1. The lowest BCUT2D eigenvalue weighted by Gasteiger charge is -2.08. The number of anilines is 1. The van der Waals surface area contributed by atoms with E-state index in [0.717, 1.165) is 6.54 Å². The van der Waals surface area contributed by atoms with Crippen LogP contribution in [0.15, 0.2) is 36.5 Å². The molecule has 0 aliphatic carbocycles. The SMILES string of the molecule is CCNc1cc(Oc2ccc([N+](=O)[O-])c(Cl)c2)ccn1. The van der Waals surface area contributed by atoms with Crippen molar-refractivity contribution in [3.63, 3.8) is 0 Å². The van der Waals surface area contributed by atoms with Crippen LogP contribution in [-0.2, 0) is 0 Å². The molecule has 1 aromatic carbocycles. The molecule has 0 amide bonds. The third kappa shape index (κ3) is 3.36. The standard InChI is InChI=1S/C13H12ClN3O3/c1-2-15-13-8-10(5-6-16-13)20-9-3-4-12(17(18)19)11(14)7-9/h3-8H,2H2,1H3,(H,15,16). The second-order valence-electron chi connectivity index (χ2n) is 3.88. The van der Waals surface area contributed by atoms with Crippen LogP contribution < -0.4 is 10.1 Å². The number of halogens is 1. The number of hydrogen-bond acceptors (Lipinski definition) is 5. The fourth-order valence-corrected chi connectivity index (χ4v) is 1.83. The van der Waals surface area contributed by atoms with Crippen molar-refractivity contribution in [3.8, 4) is 11.5 Å². The Bertz CT molecular complexity index is 634. The van der Waals surface area contributed by atoms with Crippen molar-refractivity contribution < 1.29 is 9.66 Å². The van der Waals surface area contributed by atoms with Crippen molar-refractivity contribution in [1.82, 2.24) is 4.98 Å². The summed E-state index contributed by atoms with van der Waals surface area (Å²) in [5.74, 6) is 1.69. The van der Waals surface area contributed by atoms with Gasteiger partial charge >= 0.3 is 0 Å². The molecule has 1 heterocycles. The maximum absolute atomic E-state index is 10.7. The Morgan fingerprint density at radius 1 is 1.35 bits per heavy atom. The van der Waals surface area contributed by atoms with Crippen LogP contribution >= 0.6 is 11.6 Å². The fraction of sp³-hybridized carbons (Fsp3) is 0.154. The van der Waals surface area contributed by atoms with Gasteiger partial charge in [0.25, 0.3) is 5.69 Å². The zero-order valence-electron chi connectivity index (χ0n) is 10.7. The Labute approximate surface area is 120 Å². The topological polar surface area (TPSA) is 77.3 Å². The average Bonchev–Trinajstić information content (AvgIpc) is 2.39. The van der Waals surface area contributed by atoms with E-state index >= 15 is 0 Å². The largest absolute Gasteiger partial charge is 0.457 e. The molecule has 104 valence electrons. The summed E-state index contributed by atoms with van der Waals surface area (Å²) in [5.41, 5.74) is -0.151. The number of pyridine rings is 1. The Morgan fingerprint density at radius 3 is 2.75 bits per heavy atom. The lowest BCUT2D eigenvalue weighted by Crippen LogP contribution is -1.98. The molecule has 2 rings (SSSR count). The maximum atomic E-state index is 10.7. The van der Waals surface area contributed by atoms with Crippen LogP contribution in [0.1, 0.15) is 6.92 Å². The lowest BCUT2D eigenvalue weighted by molar-refractivity contribution is -0.384. The summed E-state index contributed by atoms with van der Waals surface area (Å²) in [5, 5.41) is 13.8. The van der Waals surface area contributed by atoms with E-state index in [2.05, 4.69) is 10.3 Å². The smallest absolute Gasteiger partial charge is 0.288 e. The Balaban J connectivity index is 2.19. The summed E-state index contributed by atoms with van der Waals surface area (Å²) in [6, 6.07) is 7.64. The number of rotatable bonds is 5. The summed E-state index contributed by atoms with van der Waals surface area (Å²) in [6.45, 7) is 2.71. The predicted octanol–water partition coefficient (Wildman–Crippen LogP) is 3.87. The van der Waals surface area contributed by atoms with Crippen LogP contribution in [0.5, 0.6) is 11.5 Å². The molecule has 0 aliphatic heterocycles. The molecule has 0 saturated carbocycles. The minimum absolute atomic E-state index is 0.0356. The van der Waals surface area contributed by atoms with Crippen LogP contribution in [-0.4, -0.2) is 16.5 Å². The number of nitro benzene ring substituents is 1. The molecular weight excluding hydrogens is 282 g/mol. The zero-order chi connectivity index (χ0) is 14.5. The summed E-state index contributed by atoms with van der Waals surface area (Å²) in [6.07, 6.45) is 1.61. The van der Waals surface area contributed by atoms with E-state index < -0.39 is 4.92 Å². The van der Waals surface area contributed by atoms with Crippen LogP contribution in [0, 0.1) is 10.1 Å². The normalized spacial score (nSPS) is 10.1. The second-order valence-corrected chi connectivity index (χ2v) is 4.29. The van der Waals surface area contributed by atoms with Gasteiger partial charge in [0.1, 0.15) is 22.3 Å². The molecule has 0 atom stereocenters. The third-order valence-electron chi connectivity index (χ3n) is 2.44. The van der Waals surface area contributed by atoms with Gasteiger partial charge in [0.15, 0.2) is 0 Å². The van der Waals surface area contributed by atoms with Crippen LogP contribution in [0.4, 0.5) is 11.5 Å². The van der Waals surface area contributed by atoms with Crippen molar-refractivity contribution in [2.45, 2.75) is 6.92 Å². The average molecular weight is 294 g/mol. The summed E-state index contributed by atoms with van der Waals surface area (Å²) >= 11 is 5.83. The van der Waals surface area contributed by atoms with Gasteiger partial charge in [0.05, 0.1) is 4.92 Å². The third-order valence-corrected chi connectivity index (χ3v) is 2.74. The highest BCUT2D eigenvalue weighted by Gasteiger charge is 2.13. The van der Waals surface area contributed by atoms with Crippen LogP contribution in [0.2, 0.25) is 5.02 Å². The Morgan fingerprint density at radius 2 is 2.10 bits per heavy atom. The Kier molecular flexibility index (Phi) is 4.37. The van der Waals surface area contributed by atoms with Crippen molar-refractivity contribution >= 4 is 23.1 Å². The highest BCUT2D eigenvalue weighted by Crippen LogP contribution is 2.31. The van der Waals surface area contributed by atoms with Crippen molar-refractivity contribution in [2.24, 2.45) is 0 Å².